The summed E-state index contributed by atoms with van der Waals surface area (Å²) in [5, 5.41) is 2.86. The predicted molar refractivity (Wildman–Crippen MR) is 73.6 cm³/mol. The van der Waals surface area contributed by atoms with Gasteiger partial charge >= 0.3 is 0 Å². The summed E-state index contributed by atoms with van der Waals surface area (Å²) in [6, 6.07) is 5.59. The number of carbonyl (C=O) groups is 2. The molecule has 1 aromatic rings. The summed E-state index contributed by atoms with van der Waals surface area (Å²) < 4.78 is 0. The molecule has 20 heavy (non-hydrogen) atoms. The highest BCUT2D eigenvalue weighted by molar-refractivity contribution is 6.07. The summed E-state index contributed by atoms with van der Waals surface area (Å²) in [5.74, 6) is -0.117. The summed E-state index contributed by atoms with van der Waals surface area (Å²) in [6.07, 6.45) is 5.16. The molecule has 5 nitrogen and oxygen atoms in total. The minimum absolute atomic E-state index is 0.0218. The van der Waals surface area contributed by atoms with Gasteiger partial charge in [-0.2, -0.15) is 0 Å². The lowest BCUT2D eigenvalue weighted by atomic mass is 10.0. The number of nitrogens with zero attached hydrogens (tertiary/aromatic N) is 2. The van der Waals surface area contributed by atoms with E-state index < -0.39 is 5.41 Å². The molecule has 0 aromatic carbocycles. The number of amides is 2. The molecule has 0 radical (unpaired) electrons. The van der Waals surface area contributed by atoms with Crippen LogP contribution in [0.25, 0.3) is 0 Å². The monoisotopic (exact) mass is 273 g/mol. The molecule has 0 bridgehead atoms. The van der Waals surface area contributed by atoms with Crippen LogP contribution in [0.2, 0.25) is 0 Å². The molecule has 106 valence electrons. The average molecular weight is 273 g/mol. The predicted octanol–water partition coefficient (Wildman–Crippen LogP) is 1.10. The fraction of sp³-hybridized carbons (Fsp3) is 0.533. The fourth-order valence-electron chi connectivity index (χ4n) is 2.73. The lowest BCUT2D eigenvalue weighted by molar-refractivity contribution is -0.143. The van der Waals surface area contributed by atoms with Crippen molar-refractivity contribution in [1.29, 1.82) is 0 Å². The topological polar surface area (TPSA) is 62.3 Å². The SMILES string of the molecule is O=C(NCc1ccccn1)C1(C(=O)N2CCCC2)CC1. The number of carbonyl (C=O) groups excluding carboxylic acids is 2. The van der Waals surface area contributed by atoms with E-state index in [1.165, 1.54) is 0 Å². The Morgan fingerprint density at radius 3 is 2.60 bits per heavy atom. The van der Waals surface area contributed by atoms with E-state index in [4.69, 9.17) is 0 Å². The Labute approximate surface area is 118 Å². The minimum Gasteiger partial charge on any atom is -0.350 e. The van der Waals surface area contributed by atoms with Crippen LogP contribution in [-0.4, -0.2) is 34.8 Å². The van der Waals surface area contributed by atoms with Crippen LogP contribution in [0, 0.1) is 5.41 Å². The molecule has 2 heterocycles. The second-order valence-electron chi connectivity index (χ2n) is 5.59. The highest BCUT2D eigenvalue weighted by atomic mass is 16.2. The van der Waals surface area contributed by atoms with E-state index in [2.05, 4.69) is 10.3 Å². The van der Waals surface area contributed by atoms with Crippen LogP contribution >= 0.6 is 0 Å². The molecule has 0 atom stereocenters. The molecular weight excluding hydrogens is 254 g/mol. The molecule has 1 aliphatic carbocycles. The van der Waals surface area contributed by atoms with Gasteiger partial charge in [0.25, 0.3) is 0 Å². The van der Waals surface area contributed by atoms with Gasteiger partial charge in [0.15, 0.2) is 0 Å². The maximum Gasteiger partial charge on any atom is 0.238 e. The van der Waals surface area contributed by atoms with Crippen molar-refractivity contribution in [1.82, 2.24) is 15.2 Å². The third-order valence-electron chi connectivity index (χ3n) is 4.14. The molecule has 0 spiro atoms. The van der Waals surface area contributed by atoms with Gasteiger partial charge in [-0.3, -0.25) is 14.6 Å². The van der Waals surface area contributed by atoms with Crippen LogP contribution in [0.3, 0.4) is 0 Å². The summed E-state index contributed by atoms with van der Waals surface area (Å²) >= 11 is 0. The Balaban J connectivity index is 1.60. The van der Waals surface area contributed by atoms with Gasteiger partial charge in [-0.15, -0.1) is 0 Å². The van der Waals surface area contributed by atoms with Crippen LogP contribution in [0.15, 0.2) is 24.4 Å². The molecule has 2 amide bonds. The molecular formula is C15H19N3O2. The van der Waals surface area contributed by atoms with Gasteiger partial charge in [0, 0.05) is 19.3 Å². The van der Waals surface area contributed by atoms with Crippen LogP contribution < -0.4 is 5.32 Å². The quantitative estimate of drug-likeness (QED) is 0.836. The molecule has 5 heteroatoms. The lowest BCUT2D eigenvalue weighted by Gasteiger charge is -2.22. The van der Waals surface area contributed by atoms with Crippen molar-refractivity contribution in [2.75, 3.05) is 13.1 Å². The van der Waals surface area contributed by atoms with E-state index in [0.29, 0.717) is 19.4 Å². The Bertz CT molecular complexity index is 505. The number of hydrogen-bond acceptors (Lipinski definition) is 3. The summed E-state index contributed by atoms with van der Waals surface area (Å²) in [4.78, 5) is 30.8. The zero-order chi connectivity index (χ0) is 14.0. The Hall–Kier alpha value is -1.91. The Morgan fingerprint density at radius 1 is 1.25 bits per heavy atom. The van der Waals surface area contributed by atoms with Crippen LogP contribution in [0.4, 0.5) is 0 Å². The van der Waals surface area contributed by atoms with Crippen LogP contribution in [-0.2, 0) is 16.1 Å². The smallest absolute Gasteiger partial charge is 0.238 e. The second kappa shape index (κ2) is 5.23. The minimum atomic E-state index is -0.779. The highest BCUT2D eigenvalue weighted by Gasteiger charge is 2.58. The number of likely N-dealkylation sites (tertiary alicyclic amines) is 1. The van der Waals surface area contributed by atoms with E-state index in [0.717, 1.165) is 31.6 Å². The van der Waals surface area contributed by atoms with Gasteiger partial charge in [0.1, 0.15) is 5.41 Å². The van der Waals surface area contributed by atoms with Crippen molar-refractivity contribution >= 4 is 11.8 Å². The van der Waals surface area contributed by atoms with Crippen LogP contribution in [0.5, 0.6) is 0 Å². The number of nitrogens with one attached hydrogen (secondary N) is 1. The maximum absolute atomic E-state index is 12.4. The first-order chi connectivity index (χ1) is 9.72. The number of hydrogen-bond donors (Lipinski definition) is 1. The van der Waals surface area contributed by atoms with E-state index in [-0.39, 0.29) is 11.8 Å². The van der Waals surface area contributed by atoms with Crippen molar-refractivity contribution in [2.24, 2.45) is 5.41 Å². The fourth-order valence-corrected chi connectivity index (χ4v) is 2.73. The van der Waals surface area contributed by atoms with E-state index >= 15 is 0 Å². The summed E-state index contributed by atoms with van der Waals surface area (Å²) in [5.41, 5.74) is 0.0318. The largest absolute Gasteiger partial charge is 0.350 e. The molecule has 1 N–H and O–H groups in total. The molecule has 2 fully saturated rings. The Morgan fingerprint density at radius 2 is 2.00 bits per heavy atom. The van der Waals surface area contributed by atoms with Crippen molar-refractivity contribution in [2.45, 2.75) is 32.2 Å². The van der Waals surface area contributed by atoms with Crippen molar-refractivity contribution < 1.29 is 9.59 Å². The molecule has 3 rings (SSSR count). The first kappa shape index (κ1) is 13.1. The third kappa shape index (κ3) is 2.40. The molecule has 1 aromatic heterocycles. The van der Waals surface area contributed by atoms with Gasteiger partial charge in [-0.05, 0) is 37.8 Å². The van der Waals surface area contributed by atoms with Crippen molar-refractivity contribution in [3.05, 3.63) is 30.1 Å². The van der Waals surface area contributed by atoms with Gasteiger partial charge in [0.05, 0.1) is 12.2 Å². The molecule has 1 aliphatic heterocycles. The third-order valence-corrected chi connectivity index (χ3v) is 4.14. The van der Waals surface area contributed by atoms with Gasteiger partial charge < -0.3 is 10.2 Å². The van der Waals surface area contributed by atoms with Crippen LogP contribution in [0.1, 0.15) is 31.4 Å². The standard InChI is InChI=1S/C15H19N3O2/c19-13(17-11-12-5-1-2-8-16-12)15(6-7-15)14(20)18-9-3-4-10-18/h1-2,5,8H,3-4,6-7,9-11H2,(H,17,19). The summed E-state index contributed by atoms with van der Waals surface area (Å²) in [6.45, 7) is 1.98. The van der Waals surface area contributed by atoms with E-state index in [9.17, 15) is 9.59 Å². The zero-order valence-corrected chi connectivity index (χ0v) is 11.5. The zero-order valence-electron chi connectivity index (χ0n) is 11.5. The first-order valence-electron chi connectivity index (χ1n) is 7.20. The normalized spacial score (nSPS) is 19.7. The highest BCUT2D eigenvalue weighted by Crippen LogP contribution is 2.48. The van der Waals surface area contributed by atoms with Gasteiger partial charge in [0.2, 0.25) is 11.8 Å². The Kier molecular flexibility index (Phi) is 3.42. The van der Waals surface area contributed by atoms with Gasteiger partial charge in [-0.1, -0.05) is 6.07 Å². The molecule has 2 aliphatic rings. The summed E-state index contributed by atoms with van der Waals surface area (Å²) in [7, 11) is 0. The maximum atomic E-state index is 12.4. The molecule has 1 saturated heterocycles. The number of rotatable bonds is 4. The second-order valence-corrected chi connectivity index (χ2v) is 5.59. The number of aromatic nitrogens is 1. The van der Waals surface area contributed by atoms with E-state index in [1.54, 1.807) is 6.20 Å². The average Bonchev–Trinajstić information content (AvgIpc) is 3.12. The number of pyridine rings is 1. The van der Waals surface area contributed by atoms with Gasteiger partial charge in [-0.25, -0.2) is 0 Å². The lowest BCUT2D eigenvalue weighted by Crippen LogP contribution is -2.44. The van der Waals surface area contributed by atoms with Crippen molar-refractivity contribution in [3.63, 3.8) is 0 Å². The first-order valence-corrected chi connectivity index (χ1v) is 7.20. The molecule has 0 unspecified atom stereocenters. The molecule has 1 saturated carbocycles. The van der Waals surface area contributed by atoms with Crippen molar-refractivity contribution in [3.8, 4) is 0 Å². The van der Waals surface area contributed by atoms with E-state index in [1.807, 2.05) is 23.1 Å².